The fourth-order valence-corrected chi connectivity index (χ4v) is 3.38. The lowest BCUT2D eigenvalue weighted by atomic mass is 10.2. The third-order valence-electron chi connectivity index (χ3n) is 4.81. The number of nitrogens with zero attached hydrogens (tertiary/aromatic N) is 2. The third-order valence-corrected chi connectivity index (χ3v) is 4.81. The van der Waals surface area contributed by atoms with Crippen LogP contribution in [0.15, 0.2) is 48.5 Å². The molecule has 0 saturated carbocycles. The predicted molar refractivity (Wildman–Crippen MR) is 103 cm³/mol. The van der Waals surface area contributed by atoms with Gasteiger partial charge in [-0.3, -0.25) is 4.79 Å². The maximum absolute atomic E-state index is 12.4. The van der Waals surface area contributed by atoms with E-state index in [1.54, 1.807) is 0 Å². The smallest absolute Gasteiger partial charge is 0.317 e. The molecule has 7 nitrogen and oxygen atoms in total. The zero-order valence-corrected chi connectivity index (χ0v) is 15.0. The summed E-state index contributed by atoms with van der Waals surface area (Å²) in [5, 5.41) is 5.81. The number of para-hydroxylation sites is 1. The van der Waals surface area contributed by atoms with Crippen molar-refractivity contribution in [2.45, 2.75) is 6.54 Å². The zero-order valence-electron chi connectivity index (χ0n) is 15.0. The molecule has 0 atom stereocenters. The molecule has 0 aromatic heterocycles. The molecule has 0 spiro atoms. The Bertz CT molecular complexity index is 832. The summed E-state index contributed by atoms with van der Waals surface area (Å²) in [6, 6.07) is 15.6. The van der Waals surface area contributed by atoms with Gasteiger partial charge in [0, 0.05) is 32.7 Å². The Morgan fingerprint density at radius 1 is 1.04 bits per heavy atom. The predicted octanol–water partition coefficient (Wildman–Crippen LogP) is 2.05. The molecule has 1 saturated heterocycles. The topological polar surface area (TPSA) is 73.9 Å². The molecule has 2 aliphatic heterocycles. The molecular formula is C20H22N4O3. The van der Waals surface area contributed by atoms with Gasteiger partial charge in [-0.15, -0.1) is 0 Å². The number of carbonyl (C=O) groups excluding carboxylic acids is 2. The van der Waals surface area contributed by atoms with E-state index < -0.39 is 0 Å². The lowest BCUT2D eigenvalue weighted by Crippen LogP contribution is -2.51. The summed E-state index contributed by atoms with van der Waals surface area (Å²) < 4.78 is 5.64. The van der Waals surface area contributed by atoms with Crippen molar-refractivity contribution in [3.63, 3.8) is 0 Å². The summed E-state index contributed by atoms with van der Waals surface area (Å²) in [7, 11) is 0. The number of ether oxygens (including phenoxy) is 1. The first kappa shape index (κ1) is 17.2. The Morgan fingerprint density at radius 2 is 1.81 bits per heavy atom. The van der Waals surface area contributed by atoms with E-state index in [9.17, 15) is 9.59 Å². The van der Waals surface area contributed by atoms with Gasteiger partial charge in [0.25, 0.3) is 5.91 Å². The first-order valence-electron chi connectivity index (χ1n) is 9.08. The van der Waals surface area contributed by atoms with E-state index in [4.69, 9.17) is 4.74 Å². The summed E-state index contributed by atoms with van der Waals surface area (Å²) >= 11 is 0. The lowest BCUT2D eigenvalue weighted by Gasteiger charge is -2.37. The first-order valence-corrected chi connectivity index (χ1v) is 9.08. The van der Waals surface area contributed by atoms with Crippen LogP contribution >= 0.6 is 0 Å². The number of piperazine rings is 1. The standard InChI is InChI=1S/C20H22N4O3/c25-18-14-27-19-16(22-18)7-4-8-17(19)23-9-11-24(12-10-23)20(26)21-13-15-5-2-1-3-6-15/h1-8H,9-14H2,(H,21,26)(H,22,25). The Balaban J connectivity index is 1.35. The van der Waals surface area contributed by atoms with Crippen LogP contribution in [0.2, 0.25) is 0 Å². The summed E-state index contributed by atoms with van der Waals surface area (Å²) in [5.74, 6) is 0.568. The maximum Gasteiger partial charge on any atom is 0.317 e. The first-order chi connectivity index (χ1) is 13.2. The molecule has 0 bridgehead atoms. The highest BCUT2D eigenvalue weighted by molar-refractivity contribution is 5.97. The zero-order chi connectivity index (χ0) is 18.6. The van der Waals surface area contributed by atoms with Gasteiger partial charge in [-0.05, 0) is 17.7 Å². The highest BCUT2D eigenvalue weighted by Gasteiger charge is 2.26. The van der Waals surface area contributed by atoms with Crippen molar-refractivity contribution >= 4 is 23.3 Å². The minimum absolute atomic E-state index is 0.0336. The van der Waals surface area contributed by atoms with E-state index in [1.807, 2.05) is 53.4 Å². The second-order valence-electron chi connectivity index (χ2n) is 6.61. The van der Waals surface area contributed by atoms with Crippen LogP contribution in [0.3, 0.4) is 0 Å². The molecular weight excluding hydrogens is 344 g/mol. The Hall–Kier alpha value is -3.22. The Kier molecular flexibility index (Phi) is 4.82. The van der Waals surface area contributed by atoms with Crippen LogP contribution in [-0.4, -0.2) is 49.6 Å². The highest BCUT2D eigenvalue weighted by Crippen LogP contribution is 2.38. The van der Waals surface area contributed by atoms with Crippen LogP contribution < -0.4 is 20.3 Å². The van der Waals surface area contributed by atoms with E-state index in [2.05, 4.69) is 15.5 Å². The highest BCUT2D eigenvalue weighted by atomic mass is 16.5. The number of rotatable bonds is 3. The number of fused-ring (bicyclic) bond motifs is 1. The van der Waals surface area contributed by atoms with E-state index >= 15 is 0 Å². The molecule has 27 heavy (non-hydrogen) atoms. The van der Waals surface area contributed by atoms with Crippen LogP contribution in [0.1, 0.15) is 5.56 Å². The fourth-order valence-electron chi connectivity index (χ4n) is 3.38. The molecule has 140 valence electrons. The van der Waals surface area contributed by atoms with E-state index in [1.165, 1.54) is 0 Å². The SMILES string of the molecule is O=C1COc2c(cccc2N2CCN(C(=O)NCc3ccccc3)CC2)N1. The van der Waals surface area contributed by atoms with E-state index in [-0.39, 0.29) is 18.5 Å². The van der Waals surface area contributed by atoms with Crippen LogP contribution in [0.4, 0.5) is 16.2 Å². The second kappa shape index (κ2) is 7.57. The molecule has 7 heteroatoms. The summed E-state index contributed by atoms with van der Waals surface area (Å²) in [4.78, 5) is 27.9. The molecule has 3 amide bonds. The normalized spacial score (nSPS) is 16.2. The van der Waals surface area contributed by atoms with Gasteiger partial charge >= 0.3 is 6.03 Å². The molecule has 2 N–H and O–H groups in total. The second-order valence-corrected chi connectivity index (χ2v) is 6.61. The molecule has 2 aromatic carbocycles. The fraction of sp³-hybridized carbons (Fsp3) is 0.300. The largest absolute Gasteiger partial charge is 0.479 e. The molecule has 0 radical (unpaired) electrons. The number of benzene rings is 2. The molecule has 0 aliphatic carbocycles. The Morgan fingerprint density at radius 3 is 2.59 bits per heavy atom. The average molecular weight is 366 g/mol. The Labute approximate surface area is 157 Å². The molecule has 2 aliphatic rings. The van der Waals surface area contributed by atoms with Gasteiger partial charge in [0.05, 0.1) is 11.4 Å². The quantitative estimate of drug-likeness (QED) is 0.872. The number of nitrogens with one attached hydrogen (secondary N) is 2. The summed E-state index contributed by atoms with van der Waals surface area (Å²) in [6.07, 6.45) is 0. The van der Waals surface area contributed by atoms with Crippen LogP contribution in [0.5, 0.6) is 5.75 Å². The van der Waals surface area contributed by atoms with Gasteiger partial charge < -0.3 is 25.2 Å². The lowest BCUT2D eigenvalue weighted by molar-refractivity contribution is -0.118. The number of urea groups is 1. The van der Waals surface area contributed by atoms with Gasteiger partial charge in [0.15, 0.2) is 12.4 Å². The molecule has 0 unspecified atom stereocenters. The van der Waals surface area contributed by atoms with E-state index in [0.29, 0.717) is 44.2 Å². The van der Waals surface area contributed by atoms with Crippen LogP contribution in [-0.2, 0) is 11.3 Å². The maximum atomic E-state index is 12.4. The van der Waals surface area contributed by atoms with Gasteiger partial charge in [-0.25, -0.2) is 4.79 Å². The number of hydrogen-bond acceptors (Lipinski definition) is 4. The van der Waals surface area contributed by atoms with Crippen molar-refractivity contribution in [2.24, 2.45) is 0 Å². The van der Waals surface area contributed by atoms with Gasteiger partial charge in [-0.2, -0.15) is 0 Å². The minimum atomic E-state index is -0.139. The average Bonchev–Trinajstić information content (AvgIpc) is 2.72. The van der Waals surface area contributed by atoms with Crippen LogP contribution in [0.25, 0.3) is 0 Å². The van der Waals surface area contributed by atoms with Gasteiger partial charge in [0.1, 0.15) is 0 Å². The summed E-state index contributed by atoms with van der Waals surface area (Å²) in [5.41, 5.74) is 2.74. The number of hydrogen-bond donors (Lipinski definition) is 2. The molecule has 1 fully saturated rings. The van der Waals surface area contributed by atoms with Crippen molar-refractivity contribution < 1.29 is 14.3 Å². The van der Waals surface area contributed by atoms with Gasteiger partial charge in [0.2, 0.25) is 0 Å². The minimum Gasteiger partial charge on any atom is -0.479 e. The van der Waals surface area contributed by atoms with Crippen molar-refractivity contribution in [2.75, 3.05) is 43.0 Å². The monoisotopic (exact) mass is 366 g/mol. The number of amides is 3. The number of carbonyl (C=O) groups is 2. The van der Waals surface area contributed by atoms with E-state index in [0.717, 1.165) is 11.3 Å². The van der Waals surface area contributed by atoms with Crippen molar-refractivity contribution in [1.82, 2.24) is 10.2 Å². The molecule has 4 rings (SSSR count). The summed E-state index contributed by atoms with van der Waals surface area (Å²) in [6.45, 7) is 3.26. The molecule has 2 aromatic rings. The van der Waals surface area contributed by atoms with Crippen LogP contribution in [0, 0.1) is 0 Å². The molecule has 2 heterocycles. The number of anilines is 2. The van der Waals surface area contributed by atoms with Crippen molar-refractivity contribution in [3.05, 3.63) is 54.1 Å². The van der Waals surface area contributed by atoms with Crippen molar-refractivity contribution in [1.29, 1.82) is 0 Å². The third kappa shape index (κ3) is 3.81. The van der Waals surface area contributed by atoms with Crippen molar-refractivity contribution in [3.8, 4) is 5.75 Å². The van der Waals surface area contributed by atoms with Gasteiger partial charge in [-0.1, -0.05) is 36.4 Å².